The summed E-state index contributed by atoms with van der Waals surface area (Å²) in [6, 6.07) is 19.1. The van der Waals surface area contributed by atoms with Crippen molar-refractivity contribution in [1.82, 2.24) is 0 Å². The number of nitrogen functional groups attached to an aromatic ring is 1. The average molecular weight is 277 g/mol. The lowest BCUT2D eigenvalue weighted by molar-refractivity contribution is 0.101. The first kappa shape index (κ1) is 13.2. The number of fused-ring (bicyclic) bond motifs is 1. The minimum absolute atomic E-state index is 0.0512. The van der Waals surface area contributed by atoms with Crippen molar-refractivity contribution in [3.63, 3.8) is 0 Å². The molecule has 0 aliphatic heterocycles. The van der Waals surface area contributed by atoms with Crippen molar-refractivity contribution in [3.05, 3.63) is 66.2 Å². The Kier molecular flexibility index (Phi) is 3.32. The van der Waals surface area contributed by atoms with Gasteiger partial charge in [0.15, 0.2) is 5.78 Å². The molecular weight excluding hydrogens is 262 g/mol. The molecule has 3 heteroatoms. The number of hydrogen-bond acceptors (Lipinski definition) is 3. The molecule has 0 heterocycles. The third-order valence-corrected chi connectivity index (χ3v) is 3.36. The van der Waals surface area contributed by atoms with Gasteiger partial charge in [-0.2, -0.15) is 0 Å². The molecular formula is C18H15NO2. The van der Waals surface area contributed by atoms with E-state index in [-0.39, 0.29) is 5.78 Å². The van der Waals surface area contributed by atoms with Gasteiger partial charge in [0.05, 0.1) is 0 Å². The molecule has 0 unspecified atom stereocenters. The summed E-state index contributed by atoms with van der Waals surface area (Å²) in [5.74, 6) is 1.31. The molecule has 0 atom stereocenters. The van der Waals surface area contributed by atoms with E-state index in [1.165, 1.54) is 6.92 Å². The van der Waals surface area contributed by atoms with Gasteiger partial charge in [-0.1, -0.05) is 30.3 Å². The Balaban J connectivity index is 1.91. The minimum Gasteiger partial charge on any atom is -0.457 e. The Bertz CT molecular complexity index is 824. The number of rotatable bonds is 3. The van der Waals surface area contributed by atoms with Crippen molar-refractivity contribution in [3.8, 4) is 11.5 Å². The van der Waals surface area contributed by atoms with Crippen LogP contribution in [0.4, 0.5) is 5.69 Å². The first-order valence-corrected chi connectivity index (χ1v) is 6.70. The van der Waals surface area contributed by atoms with Crippen molar-refractivity contribution < 1.29 is 9.53 Å². The molecule has 0 spiro atoms. The molecule has 3 rings (SSSR count). The maximum Gasteiger partial charge on any atom is 0.161 e. The van der Waals surface area contributed by atoms with Gasteiger partial charge in [-0.3, -0.25) is 4.79 Å². The van der Waals surface area contributed by atoms with E-state index in [4.69, 9.17) is 10.5 Å². The molecule has 0 bridgehead atoms. The van der Waals surface area contributed by atoms with Crippen LogP contribution >= 0.6 is 0 Å². The predicted octanol–water partition coefficient (Wildman–Crippen LogP) is 4.42. The molecule has 0 aromatic heterocycles. The van der Waals surface area contributed by atoms with Crippen molar-refractivity contribution in [2.75, 3.05) is 5.73 Å². The molecule has 0 amide bonds. The summed E-state index contributed by atoms with van der Waals surface area (Å²) >= 11 is 0. The second kappa shape index (κ2) is 5.29. The Morgan fingerprint density at radius 3 is 2.29 bits per heavy atom. The standard InChI is InChI=1S/C18H15NO2/c1-12(20)17-9-8-16(11-18(17)19)21-15-7-6-13-4-2-3-5-14(13)10-15/h2-11H,19H2,1H3. The molecule has 0 saturated heterocycles. The van der Waals surface area contributed by atoms with Gasteiger partial charge < -0.3 is 10.5 Å². The summed E-state index contributed by atoms with van der Waals surface area (Å²) in [6.45, 7) is 1.50. The zero-order chi connectivity index (χ0) is 14.8. The average Bonchev–Trinajstić information content (AvgIpc) is 2.47. The van der Waals surface area contributed by atoms with Crippen LogP contribution < -0.4 is 10.5 Å². The van der Waals surface area contributed by atoms with Crippen LogP contribution in [0.2, 0.25) is 0 Å². The van der Waals surface area contributed by atoms with E-state index in [1.807, 2.05) is 36.4 Å². The van der Waals surface area contributed by atoms with Crippen molar-refractivity contribution in [1.29, 1.82) is 0 Å². The summed E-state index contributed by atoms with van der Waals surface area (Å²) in [5.41, 5.74) is 6.81. The Labute approximate surface area is 123 Å². The van der Waals surface area contributed by atoms with E-state index in [9.17, 15) is 4.79 Å². The molecule has 0 fully saturated rings. The smallest absolute Gasteiger partial charge is 0.161 e. The first-order valence-electron chi connectivity index (χ1n) is 6.70. The number of benzene rings is 3. The third kappa shape index (κ3) is 2.72. The molecule has 0 radical (unpaired) electrons. The Hall–Kier alpha value is -2.81. The maximum absolute atomic E-state index is 11.4. The van der Waals surface area contributed by atoms with Crippen molar-refractivity contribution in [2.24, 2.45) is 0 Å². The minimum atomic E-state index is -0.0512. The van der Waals surface area contributed by atoms with E-state index in [1.54, 1.807) is 18.2 Å². The lowest BCUT2D eigenvalue weighted by Gasteiger charge is -2.09. The quantitative estimate of drug-likeness (QED) is 0.569. The summed E-state index contributed by atoms with van der Waals surface area (Å²) < 4.78 is 5.81. The van der Waals surface area contributed by atoms with Gasteiger partial charge in [0, 0.05) is 17.3 Å². The first-order chi connectivity index (χ1) is 10.1. The highest BCUT2D eigenvalue weighted by molar-refractivity contribution is 5.99. The van der Waals surface area contributed by atoms with Gasteiger partial charge in [-0.25, -0.2) is 0 Å². The van der Waals surface area contributed by atoms with Crippen LogP contribution in [-0.2, 0) is 0 Å². The van der Waals surface area contributed by atoms with Gasteiger partial charge in [0.25, 0.3) is 0 Å². The van der Waals surface area contributed by atoms with Crippen LogP contribution in [0.25, 0.3) is 10.8 Å². The van der Waals surface area contributed by atoms with E-state index < -0.39 is 0 Å². The van der Waals surface area contributed by atoms with Gasteiger partial charge >= 0.3 is 0 Å². The molecule has 3 nitrogen and oxygen atoms in total. The zero-order valence-electron chi connectivity index (χ0n) is 11.7. The summed E-state index contributed by atoms with van der Waals surface area (Å²) in [6.07, 6.45) is 0. The van der Waals surface area contributed by atoms with Crippen LogP contribution in [0.5, 0.6) is 11.5 Å². The summed E-state index contributed by atoms with van der Waals surface area (Å²) in [5, 5.41) is 2.28. The number of carbonyl (C=O) groups excluding carboxylic acids is 1. The van der Waals surface area contributed by atoms with E-state index in [2.05, 4.69) is 6.07 Å². The summed E-state index contributed by atoms with van der Waals surface area (Å²) in [4.78, 5) is 11.4. The topological polar surface area (TPSA) is 52.3 Å². The number of carbonyl (C=O) groups is 1. The molecule has 0 aliphatic carbocycles. The lowest BCUT2D eigenvalue weighted by atomic mass is 10.1. The zero-order valence-corrected chi connectivity index (χ0v) is 11.7. The van der Waals surface area contributed by atoms with Crippen molar-refractivity contribution >= 4 is 22.2 Å². The van der Waals surface area contributed by atoms with Crippen LogP contribution in [0.15, 0.2) is 60.7 Å². The highest BCUT2D eigenvalue weighted by atomic mass is 16.5. The van der Waals surface area contributed by atoms with E-state index >= 15 is 0 Å². The van der Waals surface area contributed by atoms with Gasteiger partial charge in [-0.15, -0.1) is 0 Å². The van der Waals surface area contributed by atoms with Crippen LogP contribution in [0.3, 0.4) is 0 Å². The molecule has 0 aliphatic rings. The SMILES string of the molecule is CC(=O)c1ccc(Oc2ccc3ccccc3c2)cc1N. The molecule has 0 saturated carbocycles. The maximum atomic E-state index is 11.4. The molecule has 104 valence electrons. The molecule has 3 aromatic carbocycles. The second-order valence-corrected chi connectivity index (χ2v) is 4.92. The van der Waals surface area contributed by atoms with Gasteiger partial charge in [0.2, 0.25) is 0 Å². The number of hydrogen-bond donors (Lipinski definition) is 1. The molecule has 21 heavy (non-hydrogen) atoms. The lowest BCUT2D eigenvalue weighted by Crippen LogP contribution is -1.99. The van der Waals surface area contributed by atoms with Crippen LogP contribution in [0, 0.1) is 0 Å². The second-order valence-electron chi connectivity index (χ2n) is 4.92. The van der Waals surface area contributed by atoms with E-state index in [0.717, 1.165) is 16.5 Å². The van der Waals surface area contributed by atoms with E-state index in [0.29, 0.717) is 17.0 Å². The molecule has 2 N–H and O–H groups in total. The third-order valence-electron chi connectivity index (χ3n) is 3.36. The fourth-order valence-electron chi connectivity index (χ4n) is 2.29. The largest absolute Gasteiger partial charge is 0.457 e. The van der Waals surface area contributed by atoms with Crippen LogP contribution in [0.1, 0.15) is 17.3 Å². The number of ketones is 1. The number of ether oxygens (including phenoxy) is 1. The van der Waals surface area contributed by atoms with Gasteiger partial charge in [-0.05, 0) is 42.0 Å². The van der Waals surface area contributed by atoms with Crippen LogP contribution in [-0.4, -0.2) is 5.78 Å². The fraction of sp³-hybridized carbons (Fsp3) is 0.0556. The number of Topliss-reactive ketones (excluding diaryl/α,β-unsaturated/α-hetero) is 1. The van der Waals surface area contributed by atoms with Crippen molar-refractivity contribution in [2.45, 2.75) is 6.92 Å². The molecule has 3 aromatic rings. The highest BCUT2D eigenvalue weighted by Gasteiger charge is 2.06. The summed E-state index contributed by atoms with van der Waals surface area (Å²) in [7, 11) is 0. The fourth-order valence-corrected chi connectivity index (χ4v) is 2.29. The van der Waals surface area contributed by atoms with Gasteiger partial charge in [0.1, 0.15) is 11.5 Å². The normalized spacial score (nSPS) is 10.5. The number of nitrogens with two attached hydrogens (primary N) is 1. The predicted molar refractivity (Wildman–Crippen MR) is 84.9 cm³/mol. The Morgan fingerprint density at radius 1 is 0.905 bits per heavy atom. The number of anilines is 1. The highest BCUT2D eigenvalue weighted by Crippen LogP contribution is 2.28. The Morgan fingerprint density at radius 2 is 1.57 bits per heavy atom. The monoisotopic (exact) mass is 277 g/mol.